The van der Waals surface area contributed by atoms with Crippen LogP contribution in [0.2, 0.25) is 0 Å². The van der Waals surface area contributed by atoms with Gasteiger partial charge in [0.25, 0.3) is 0 Å². The van der Waals surface area contributed by atoms with Gasteiger partial charge in [-0.25, -0.2) is 0 Å². The zero-order valence-corrected chi connectivity index (χ0v) is 25.1. The third kappa shape index (κ3) is 15.7. The van der Waals surface area contributed by atoms with Gasteiger partial charge in [-0.15, -0.1) is 0 Å². The van der Waals surface area contributed by atoms with E-state index in [0.717, 1.165) is 0 Å². The van der Waals surface area contributed by atoms with Crippen molar-refractivity contribution in [2.24, 2.45) is 11.8 Å². The number of ether oxygens (including phenoxy) is 3. The highest BCUT2D eigenvalue weighted by molar-refractivity contribution is 6.10. The van der Waals surface area contributed by atoms with Crippen LogP contribution >= 0.6 is 0 Å². The number of hydrogen-bond acceptors (Lipinski definition) is 6. The van der Waals surface area contributed by atoms with Crippen LogP contribution in [0.1, 0.15) is 134 Å². The first-order valence-electron chi connectivity index (χ1n) is 15.6. The lowest BCUT2D eigenvalue weighted by molar-refractivity contribution is -0.152. The molecule has 0 saturated heterocycles. The molecule has 39 heavy (non-hydrogen) atoms. The fourth-order valence-corrected chi connectivity index (χ4v) is 4.78. The summed E-state index contributed by atoms with van der Waals surface area (Å²) in [7, 11) is 0. The molecule has 0 N–H and O–H groups in total. The van der Waals surface area contributed by atoms with E-state index >= 15 is 0 Å². The van der Waals surface area contributed by atoms with Crippen molar-refractivity contribution in [3.05, 3.63) is 29.8 Å². The molecule has 222 valence electrons. The molecule has 0 amide bonds. The minimum absolute atomic E-state index is 0.136. The van der Waals surface area contributed by atoms with E-state index in [2.05, 4.69) is 13.8 Å². The van der Waals surface area contributed by atoms with Gasteiger partial charge < -0.3 is 14.2 Å². The minimum Gasteiger partial charge on any atom is -0.493 e. The van der Waals surface area contributed by atoms with E-state index in [0.29, 0.717) is 23.8 Å². The van der Waals surface area contributed by atoms with Crippen molar-refractivity contribution in [3.63, 3.8) is 0 Å². The first-order valence-corrected chi connectivity index (χ1v) is 15.6. The Morgan fingerprint density at radius 3 is 1.69 bits per heavy atom. The largest absolute Gasteiger partial charge is 0.493 e. The summed E-state index contributed by atoms with van der Waals surface area (Å²) in [4.78, 5) is 37.4. The SMILES string of the molecule is CCCCCCCCC(CCCCCCCC)COc1ccc(C(=O)C(CC(=O)OCC)C(=O)OCC)cc1. The van der Waals surface area contributed by atoms with Gasteiger partial charge in [-0.1, -0.05) is 90.9 Å². The number of Topliss-reactive ketones (excluding diaryl/α,β-unsaturated/α-hetero) is 1. The van der Waals surface area contributed by atoms with E-state index in [9.17, 15) is 14.4 Å². The monoisotopic (exact) mass is 546 g/mol. The zero-order chi connectivity index (χ0) is 28.7. The van der Waals surface area contributed by atoms with Gasteiger partial charge in [0.2, 0.25) is 0 Å². The smallest absolute Gasteiger partial charge is 0.317 e. The van der Waals surface area contributed by atoms with Gasteiger partial charge in [0.1, 0.15) is 11.7 Å². The van der Waals surface area contributed by atoms with Gasteiger partial charge in [-0.2, -0.15) is 0 Å². The van der Waals surface area contributed by atoms with Crippen molar-refractivity contribution in [1.82, 2.24) is 0 Å². The minimum atomic E-state index is -1.21. The fourth-order valence-electron chi connectivity index (χ4n) is 4.78. The molecule has 1 unspecified atom stereocenters. The molecule has 1 rings (SSSR count). The van der Waals surface area contributed by atoms with Gasteiger partial charge in [0, 0.05) is 5.56 Å². The number of ketones is 1. The summed E-state index contributed by atoms with van der Waals surface area (Å²) in [6.45, 7) is 8.85. The highest BCUT2D eigenvalue weighted by Crippen LogP contribution is 2.23. The average molecular weight is 547 g/mol. The van der Waals surface area contributed by atoms with Crippen LogP contribution in [0.4, 0.5) is 0 Å². The molecule has 0 radical (unpaired) electrons. The third-order valence-corrected chi connectivity index (χ3v) is 7.12. The normalized spacial score (nSPS) is 11.8. The average Bonchev–Trinajstić information content (AvgIpc) is 2.93. The highest BCUT2D eigenvalue weighted by atomic mass is 16.5. The molecule has 0 aliphatic carbocycles. The Kier molecular flexibility index (Phi) is 19.9. The summed E-state index contributed by atoms with van der Waals surface area (Å²) in [5, 5.41) is 0. The van der Waals surface area contributed by atoms with Crippen LogP contribution in [0.3, 0.4) is 0 Å². The Morgan fingerprint density at radius 1 is 0.667 bits per heavy atom. The summed E-state index contributed by atoms with van der Waals surface area (Å²) in [5.41, 5.74) is 0.348. The molecular weight excluding hydrogens is 492 g/mol. The maximum atomic E-state index is 13.1. The number of carbonyl (C=O) groups is 3. The fraction of sp³-hybridized carbons (Fsp3) is 0.727. The number of esters is 2. The number of benzene rings is 1. The van der Waals surface area contributed by atoms with E-state index in [1.165, 1.54) is 89.9 Å². The topological polar surface area (TPSA) is 78.9 Å². The zero-order valence-electron chi connectivity index (χ0n) is 25.1. The summed E-state index contributed by atoms with van der Waals surface area (Å²) >= 11 is 0. The van der Waals surface area contributed by atoms with E-state index in [-0.39, 0.29) is 19.6 Å². The van der Waals surface area contributed by atoms with Crippen LogP contribution in [0, 0.1) is 11.8 Å². The lowest BCUT2D eigenvalue weighted by Gasteiger charge is -2.18. The summed E-state index contributed by atoms with van der Waals surface area (Å²) < 4.78 is 16.1. The molecule has 0 fully saturated rings. The van der Waals surface area contributed by atoms with Crippen LogP contribution in [0.15, 0.2) is 24.3 Å². The molecule has 0 spiro atoms. The summed E-state index contributed by atoms with van der Waals surface area (Å²) in [6.07, 6.45) is 17.6. The second kappa shape index (κ2) is 22.4. The van der Waals surface area contributed by atoms with Crippen molar-refractivity contribution >= 4 is 17.7 Å². The standard InChI is InChI=1S/C33H54O6/c1-5-9-11-13-15-17-19-27(20-18-16-14-12-10-6-2)26-39-29-23-21-28(22-24-29)32(35)30(33(36)38-8-4)25-31(34)37-7-3/h21-24,27,30H,5-20,25-26H2,1-4H3. The predicted octanol–water partition coefficient (Wildman–Crippen LogP) is 8.50. The van der Waals surface area contributed by atoms with E-state index in [1.807, 2.05) is 0 Å². The number of carbonyl (C=O) groups excluding carboxylic acids is 3. The van der Waals surface area contributed by atoms with Gasteiger partial charge in [0.05, 0.1) is 26.2 Å². The van der Waals surface area contributed by atoms with Crippen molar-refractivity contribution in [1.29, 1.82) is 0 Å². The molecule has 0 heterocycles. The number of hydrogen-bond donors (Lipinski definition) is 0. The van der Waals surface area contributed by atoms with Crippen molar-refractivity contribution in [2.75, 3.05) is 19.8 Å². The first kappa shape index (κ1) is 34.7. The molecule has 0 bridgehead atoms. The number of rotatable bonds is 24. The van der Waals surface area contributed by atoms with Gasteiger partial charge in [-0.05, 0) is 56.9 Å². The second-order valence-electron chi connectivity index (χ2n) is 10.5. The third-order valence-electron chi connectivity index (χ3n) is 7.12. The van der Waals surface area contributed by atoms with Crippen molar-refractivity contribution < 1.29 is 28.6 Å². The van der Waals surface area contributed by atoms with Gasteiger partial charge in [-0.3, -0.25) is 14.4 Å². The summed E-state index contributed by atoms with van der Waals surface area (Å²) in [6, 6.07) is 6.86. The van der Waals surface area contributed by atoms with Gasteiger partial charge >= 0.3 is 11.9 Å². The maximum Gasteiger partial charge on any atom is 0.317 e. The lowest BCUT2D eigenvalue weighted by atomic mass is 9.94. The first-order chi connectivity index (χ1) is 19.0. The van der Waals surface area contributed by atoms with E-state index < -0.39 is 23.6 Å². The second-order valence-corrected chi connectivity index (χ2v) is 10.5. The molecule has 0 aliphatic heterocycles. The molecule has 6 heteroatoms. The Hall–Kier alpha value is -2.37. The Morgan fingerprint density at radius 2 is 1.18 bits per heavy atom. The Bertz CT molecular complexity index is 772. The lowest BCUT2D eigenvalue weighted by Crippen LogP contribution is -2.29. The highest BCUT2D eigenvalue weighted by Gasteiger charge is 2.32. The molecule has 6 nitrogen and oxygen atoms in total. The molecule has 0 aromatic heterocycles. The maximum absolute atomic E-state index is 13.1. The van der Waals surface area contributed by atoms with Crippen LogP contribution in [-0.2, 0) is 19.1 Å². The summed E-state index contributed by atoms with van der Waals surface area (Å²) in [5.74, 6) is -1.72. The van der Waals surface area contributed by atoms with Gasteiger partial charge in [0.15, 0.2) is 5.78 Å². The predicted molar refractivity (Wildman–Crippen MR) is 157 cm³/mol. The van der Waals surface area contributed by atoms with Crippen LogP contribution in [0.25, 0.3) is 0 Å². The number of unbranched alkanes of at least 4 members (excludes halogenated alkanes) is 10. The van der Waals surface area contributed by atoms with E-state index in [4.69, 9.17) is 14.2 Å². The molecule has 0 aliphatic rings. The van der Waals surface area contributed by atoms with Crippen LogP contribution in [0.5, 0.6) is 5.75 Å². The quantitative estimate of drug-likeness (QED) is 0.0560. The van der Waals surface area contributed by atoms with Crippen molar-refractivity contribution in [2.45, 2.75) is 124 Å². The van der Waals surface area contributed by atoms with Crippen LogP contribution < -0.4 is 4.74 Å². The molecule has 1 aromatic rings. The molecular formula is C33H54O6. The van der Waals surface area contributed by atoms with Crippen LogP contribution in [-0.4, -0.2) is 37.5 Å². The molecule has 1 atom stereocenters. The molecule has 0 saturated carbocycles. The molecule has 1 aromatic carbocycles. The Balaban J connectivity index is 2.70. The van der Waals surface area contributed by atoms with E-state index in [1.54, 1.807) is 38.1 Å². The van der Waals surface area contributed by atoms with Crippen molar-refractivity contribution in [3.8, 4) is 5.75 Å². The Labute approximate surface area is 237 Å².